The minimum absolute atomic E-state index is 0.0607. The van der Waals surface area contributed by atoms with E-state index in [4.69, 9.17) is 4.74 Å². The molecule has 1 aliphatic heterocycles. The molecule has 0 aromatic carbocycles. The maximum atomic E-state index is 11.7. The first-order valence-corrected chi connectivity index (χ1v) is 6.54. The van der Waals surface area contributed by atoms with Gasteiger partial charge in [-0.3, -0.25) is 4.79 Å². The minimum atomic E-state index is 0.0607. The first-order chi connectivity index (χ1) is 7.79. The Balaban J connectivity index is 1.80. The molecule has 2 heterocycles. The lowest BCUT2D eigenvalue weighted by Gasteiger charge is -2.07. The molecule has 1 aromatic heterocycles. The quantitative estimate of drug-likeness (QED) is 0.872. The molecule has 16 heavy (non-hydrogen) atoms. The van der Waals surface area contributed by atoms with Gasteiger partial charge in [-0.15, -0.1) is 11.3 Å². The molecule has 1 unspecified atom stereocenters. The van der Waals surface area contributed by atoms with Crippen LogP contribution >= 0.6 is 11.3 Å². The third-order valence-corrected chi connectivity index (χ3v) is 4.03. The van der Waals surface area contributed by atoms with Crippen molar-refractivity contribution in [2.45, 2.75) is 26.3 Å². The molecule has 2 rings (SSSR count). The molecule has 0 saturated carbocycles. The van der Waals surface area contributed by atoms with E-state index in [2.05, 4.69) is 24.4 Å². The van der Waals surface area contributed by atoms with Crippen LogP contribution in [0, 0.1) is 5.92 Å². The predicted molar refractivity (Wildman–Crippen MR) is 64.5 cm³/mol. The van der Waals surface area contributed by atoms with Crippen molar-refractivity contribution in [2.75, 3.05) is 13.2 Å². The van der Waals surface area contributed by atoms with Crippen molar-refractivity contribution in [3.63, 3.8) is 0 Å². The topological polar surface area (TPSA) is 38.3 Å². The van der Waals surface area contributed by atoms with Gasteiger partial charge < -0.3 is 10.1 Å². The maximum Gasteiger partial charge on any atom is 0.225 e. The summed E-state index contributed by atoms with van der Waals surface area (Å²) in [4.78, 5) is 14.3. The fourth-order valence-electron chi connectivity index (χ4n) is 1.77. The molecule has 1 saturated heterocycles. The smallest absolute Gasteiger partial charge is 0.225 e. The highest BCUT2D eigenvalue weighted by Gasteiger charge is 2.22. The molecule has 1 N–H and O–H groups in total. The predicted octanol–water partition coefficient (Wildman–Crippen LogP) is 1.96. The second-order valence-corrected chi connectivity index (χ2v) is 5.25. The van der Waals surface area contributed by atoms with Gasteiger partial charge in [0.2, 0.25) is 5.91 Å². The van der Waals surface area contributed by atoms with Crippen LogP contribution in [0.4, 0.5) is 0 Å². The lowest BCUT2D eigenvalue weighted by molar-refractivity contribution is -0.125. The molecule has 1 aliphatic rings. The standard InChI is InChI=1S/C12H17NO2S/c1-2-10-3-4-11(16-10)7-13-12(14)9-5-6-15-8-9/h3-4,9H,2,5-8H2,1H3,(H,13,14). The molecule has 88 valence electrons. The van der Waals surface area contributed by atoms with Crippen molar-refractivity contribution in [1.82, 2.24) is 5.32 Å². The average Bonchev–Trinajstić information content (AvgIpc) is 2.96. The van der Waals surface area contributed by atoms with E-state index in [0.29, 0.717) is 13.2 Å². The Hall–Kier alpha value is -0.870. The number of carbonyl (C=O) groups excluding carboxylic acids is 1. The normalized spacial score (nSPS) is 19.9. The van der Waals surface area contributed by atoms with Crippen LogP contribution in [0.25, 0.3) is 0 Å². The lowest BCUT2D eigenvalue weighted by Crippen LogP contribution is -2.30. The van der Waals surface area contributed by atoms with E-state index in [1.807, 2.05) is 0 Å². The average molecular weight is 239 g/mol. The van der Waals surface area contributed by atoms with Gasteiger partial charge in [0.25, 0.3) is 0 Å². The van der Waals surface area contributed by atoms with Crippen molar-refractivity contribution in [2.24, 2.45) is 5.92 Å². The Morgan fingerprint density at radius 2 is 2.38 bits per heavy atom. The molecule has 4 heteroatoms. The number of rotatable bonds is 4. The number of hydrogen-bond acceptors (Lipinski definition) is 3. The maximum absolute atomic E-state index is 11.7. The van der Waals surface area contributed by atoms with Gasteiger partial charge in [0.15, 0.2) is 0 Å². The summed E-state index contributed by atoms with van der Waals surface area (Å²) in [6.45, 7) is 4.09. The number of carbonyl (C=O) groups is 1. The summed E-state index contributed by atoms with van der Waals surface area (Å²) in [5.74, 6) is 0.189. The fraction of sp³-hybridized carbons (Fsp3) is 0.583. The van der Waals surface area contributed by atoms with Crippen molar-refractivity contribution < 1.29 is 9.53 Å². The summed E-state index contributed by atoms with van der Waals surface area (Å²) < 4.78 is 5.19. The van der Waals surface area contributed by atoms with Gasteiger partial charge in [-0.2, -0.15) is 0 Å². The van der Waals surface area contributed by atoms with Gasteiger partial charge in [0.05, 0.1) is 19.1 Å². The summed E-state index contributed by atoms with van der Waals surface area (Å²) in [5, 5.41) is 2.97. The van der Waals surface area contributed by atoms with E-state index >= 15 is 0 Å². The molecule has 0 radical (unpaired) electrons. The fourth-order valence-corrected chi connectivity index (χ4v) is 2.66. The van der Waals surface area contributed by atoms with Crippen molar-refractivity contribution in [3.8, 4) is 0 Å². The lowest BCUT2D eigenvalue weighted by atomic mass is 10.1. The Morgan fingerprint density at radius 1 is 1.56 bits per heavy atom. The van der Waals surface area contributed by atoms with Gasteiger partial charge in [0, 0.05) is 16.4 Å². The van der Waals surface area contributed by atoms with Crippen molar-refractivity contribution in [1.29, 1.82) is 0 Å². The monoisotopic (exact) mass is 239 g/mol. The first kappa shape index (κ1) is 11.6. The zero-order valence-electron chi connectivity index (χ0n) is 9.49. The van der Waals surface area contributed by atoms with E-state index in [1.54, 1.807) is 11.3 Å². The Bertz CT molecular complexity index is 356. The molecular weight excluding hydrogens is 222 g/mol. The number of thiophene rings is 1. The largest absolute Gasteiger partial charge is 0.381 e. The third-order valence-electron chi connectivity index (χ3n) is 2.80. The van der Waals surface area contributed by atoms with Crippen LogP contribution in [-0.2, 0) is 22.5 Å². The van der Waals surface area contributed by atoms with Crippen LogP contribution in [0.2, 0.25) is 0 Å². The second-order valence-electron chi connectivity index (χ2n) is 4.00. The van der Waals surface area contributed by atoms with E-state index in [0.717, 1.165) is 19.4 Å². The highest BCUT2D eigenvalue weighted by atomic mass is 32.1. The minimum Gasteiger partial charge on any atom is -0.381 e. The summed E-state index contributed by atoms with van der Waals surface area (Å²) >= 11 is 1.77. The number of ether oxygens (including phenoxy) is 1. The van der Waals surface area contributed by atoms with E-state index < -0.39 is 0 Å². The van der Waals surface area contributed by atoms with E-state index in [-0.39, 0.29) is 11.8 Å². The van der Waals surface area contributed by atoms with Crippen molar-refractivity contribution >= 4 is 17.2 Å². The third kappa shape index (κ3) is 2.83. The number of hydrogen-bond donors (Lipinski definition) is 1. The molecular formula is C12H17NO2S. The van der Waals surface area contributed by atoms with Crippen molar-refractivity contribution in [3.05, 3.63) is 21.9 Å². The van der Waals surface area contributed by atoms with Gasteiger partial charge in [0.1, 0.15) is 0 Å². The second kappa shape index (κ2) is 5.46. The Morgan fingerprint density at radius 3 is 3.00 bits per heavy atom. The van der Waals surface area contributed by atoms with Gasteiger partial charge in [-0.1, -0.05) is 6.92 Å². The molecule has 0 aliphatic carbocycles. The van der Waals surface area contributed by atoms with Crippen LogP contribution in [0.1, 0.15) is 23.1 Å². The highest BCUT2D eigenvalue weighted by molar-refractivity contribution is 7.11. The Kier molecular flexibility index (Phi) is 3.96. The van der Waals surface area contributed by atoms with Gasteiger partial charge in [-0.05, 0) is 25.0 Å². The number of nitrogens with one attached hydrogen (secondary N) is 1. The van der Waals surface area contributed by atoms with Crippen LogP contribution in [0.5, 0.6) is 0 Å². The molecule has 0 bridgehead atoms. The molecule has 0 spiro atoms. The molecule has 1 fully saturated rings. The van der Waals surface area contributed by atoms with Crippen LogP contribution < -0.4 is 5.32 Å². The molecule has 3 nitrogen and oxygen atoms in total. The van der Waals surface area contributed by atoms with Crippen LogP contribution in [-0.4, -0.2) is 19.1 Å². The SMILES string of the molecule is CCc1ccc(CNC(=O)C2CCOC2)s1. The molecule has 1 atom stereocenters. The molecule has 1 aromatic rings. The van der Waals surface area contributed by atoms with Crippen LogP contribution in [0.15, 0.2) is 12.1 Å². The Labute approximate surface area is 99.8 Å². The summed E-state index contributed by atoms with van der Waals surface area (Å²) in [5.41, 5.74) is 0. The van der Waals surface area contributed by atoms with Gasteiger partial charge in [-0.25, -0.2) is 0 Å². The zero-order valence-corrected chi connectivity index (χ0v) is 10.3. The number of amides is 1. The van der Waals surface area contributed by atoms with Crippen LogP contribution in [0.3, 0.4) is 0 Å². The summed E-state index contributed by atoms with van der Waals surface area (Å²) in [7, 11) is 0. The molecule has 1 amide bonds. The number of aryl methyl sites for hydroxylation is 1. The summed E-state index contributed by atoms with van der Waals surface area (Å²) in [6.07, 6.45) is 1.92. The first-order valence-electron chi connectivity index (χ1n) is 5.72. The van der Waals surface area contributed by atoms with Gasteiger partial charge >= 0.3 is 0 Å². The van der Waals surface area contributed by atoms with E-state index in [1.165, 1.54) is 9.75 Å². The highest BCUT2D eigenvalue weighted by Crippen LogP contribution is 2.17. The summed E-state index contributed by atoms with van der Waals surface area (Å²) in [6, 6.07) is 4.22. The van der Waals surface area contributed by atoms with E-state index in [9.17, 15) is 4.79 Å². The zero-order chi connectivity index (χ0) is 11.4.